The Morgan fingerprint density at radius 2 is 1.85 bits per heavy atom. The van der Waals surface area contributed by atoms with E-state index in [1.54, 1.807) is 18.2 Å². The number of aliphatic hydroxyl groups is 1. The predicted octanol–water partition coefficient (Wildman–Crippen LogP) is 3.24. The van der Waals surface area contributed by atoms with Crippen LogP contribution in [-0.4, -0.2) is 38.0 Å². The molecule has 2 aromatic rings. The zero-order valence-corrected chi connectivity index (χ0v) is 17.0. The van der Waals surface area contributed by atoms with Crippen molar-refractivity contribution in [2.45, 2.75) is 20.1 Å². The van der Waals surface area contributed by atoms with E-state index in [4.69, 9.17) is 14.6 Å². The predicted molar refractivity (Wildman–Crippen MR) is 108 cm³/mol. The molecule has 2 aromatic carbocycles. The lowest BCUT2D eigenvalue weighted by molar-refractivity contribution is 0.264. The molecule has 0 saturated carbocycles. The molecule has 0 amide bonds. The van der Waals surface area contributed by atoms with Gasteiger partial charge in [0.2, 0.25) is 0 Å². The third-order valence-corrected chi connectivity index (χ3v) is 4.38. The fraction of sp³-hybridized carbons (Fsp3) is 0.400. The molecule has 0 fully saturated rings. The molecule has 0 heterocycles. The van der Waals surface area contributed by atoms with Crippen molar-refractivity contribution in [3.8, 4) is 11.5 Å². The number of aliphatic hydroxyl groups excluding tert-OH is 1. The molecule has 27 heavy (non-hydrogen) atoms. The van der Waals surface area contributed by atoms with Crippen LogP contribution >= 0.6 is 15.9 Å². The highest BCUT2D eigenvalue weighted by atomic mass is 79.9. The van der Waals surface area contributed by atoms with Gasteiger partial charge < -0.3 is 25.2 Å². The highest BCUT2D eigenvalue weighted by molar-refractivity contribution is 9.10. The molecule has 0 unspecified atom stereocenters. The number of hydrogen-bond acceptors (Lipinski definition) is 5. The average Bonchev–Trinajstić information content (AvgIpc) is 2.65. The second kappa shape index (κ2) is 11.9. The first-order chi connectivity index (χ1) is 13.2. The van der Waals surface area contributed by atoms with E-state index >= 15 is 0 Å². The zero-order chi connectivity index (χ0) is 19.5. The highest BCUT2D eigenvalue weighted by Gasteiger charge is 2.13. The summed E-state index contributed by atoms with van der Waals surface area (Å²) in [6.07, 6.45) is 0. The normalized spacial score (nSPS) is 10.8. The van der Waals surface area contributed by atoms with Crippen molar-refractivity contribution >= 4 is 15.9 Å². The van der Waals surface area contributed by atoms with E-state index in [2.05, 4.69) is 26.6 Å². The number of hydrogen-bond donors (Lipinski definition) is 3. The van der Waals surface area contributed by atoms with Crippen LogP contribution in [0.5, 0.6) is 11.5 Å². The number of nitrogens with one attached hydrogen (secondary N) is 2. The van der Waals surface area contributed by atoms with Gasteiger partial charge in [-0.25, -0.2) is 4.39 Å². The fourth-order valence-corrected chi connectivity index (χ4v) is 3.11. The minimum absolute atomic E-state index is 0.124. The van der Waals surface area contributed by atoms with Crippen LogP contribution in [0.3, 0.4) is 0 Å². The largest absolute Gasteiger partial charge is 0.490 e. The smallest absolute Gasteiger partial charge is 0.175 e. The quantitative estimate of drug-likeness (QED) is 0.442. The van der Waals surface area contributed by atoms with Crippen LogP contribution in [0, 0.1) is 5.82 Å². The van der Waals surface area contributed by atoms with E-state index < -0.39 is 0 Å². The van der Waals surface area contributed by atoms with E-state index in [1.807, 2.05) is 19.1 Å². The minimum atomic E-state index is -0.290. The second-order valence-corrected chi connectivity index (χ2v) is 6.72. The van der Waals surface area contributed by atoms with Gasteiger partial charge in [0.1, 0.15) is 12.4 Å². The summed E-state index contributed by atoms with van der Waals surface area (Å²) < 4.78 is 26.1. The van der Waals surface area contributed by atoms with Crippen molar-refractivity contribution in [1.82, 2.24) is 10.6 Å². The van der Waals surface area contributed by atoms with Gasteiger partial charge >= 0.3 is 0 Å². The van der Waals surface area contributed by atoms with Crippen LogP contribution in [-0.2, 0) is 13.2 Å². The molecular weight excluding hydrogens is 415 g/mol. The van der Waals surface area contributed by atoms with Gasteiger partial charge in [-0.3, -0.25) is 0 Å². The number of benzene rings is 2. The van der Waals surface area contributed by atoms with Gasteiger partial charge in [-0.15, -0.1) is 0 Å². The lowest BCUT2D eigenvalue weighted by Gasteiger charge is -2.16. The Morgan fingerprint density at radius 3 is 2.59 bits per heavy atom. The van der Waals surface area contributed by atoms with Crippen molar-refractivity contribution < 1.29 is 19.0 Å². The van der Waals surface area contributed by atoms with Crippen LogP contribution in [0.2, 0.25) is 0 Å². The molecule has 0 aliphatic rings. The summed E-state index contributed by atoms with van der Waals surface area (Å²) in [5.74, 6) is 0.897. The van der Waals surface area contributed by atoms with E-state index in [-0.39, 0.29) is 19.0 Å². The molecule has 3 N–H and O–H groups in total. The molecule has 0 spiro atoms. The first kappa shape index (κ1) is 21.6. The van der Waals surface area contributed by atoms with Gasteiger partial charge in [-0.05, 0) is 46.6 Å². The maximum atomic E-state index is 13.8. The first-order valence-electron chi connectivity index (χ1n) is 8.99. The van der Waals surface area contributed by atoms with Crippen molar-refractivity contribution in [1.29, 1.82) is 0 Å². The average molecular weight is 441 g/mol. The summed E-state index contributed by atoms with van der Waals surface area (Å²) in [6.45, 7) is 5.51. The summed E-state index contributed by atoms with van der Waals surface area (Å²) in [7, 11) is 0. The summed E-state index contributed by atoms with van der Waals surface area (Å²) in [6, 6.07) is 10.5. The topological polar surface area (TPSA) is 62.8 Å². The van der Waals surface area contributed by atoms with Crippen molar-refractivity contribution in [3.63, 3.8) is 0 Å². The number of ether oxygens (including phenoxy) is 2. The number of halogens is 2. The van der Waals surface area contributed by atoms with Crippen molar-refractivity contribution in [2.24, 2.45) is 0 Å². The van der Waals surface area contributed by atoms with E-state index in [0.29, 0.717) is 36.8 Å². The van der Waals surface area contributed by atoms with Gasteiger partial charge in [0.05, 0.1) is 17.7 Å². The summed E-state index contributed by atoms with van der Waals surface area (Å²) in [4.78, 5) is 0. The summed E-state index contributed by atoms with van der Waals surface area (Å²) >= 11 is 3.54. The van der Waals surface area contributed by atoms with Crippen molar-refractivity contribution in [3.05, 3.63) is 57.8 Å². The van der Waals surface area contributed by atoms with Gasteiger partial charge in [-0.1, -0.05) is 18.2 Å². The SMILES string of the molecule is CCOc1cc(CNCCNCCO)cc(Br)c1OCc1ccccc1F. The van der Waals surface area contributed by atoms with Crippen LogP contribution in [0.25, 0.3) is 0 Å². The minimum Gasteiger partial charge on any atom is -0.490 e. The molecule has 2 rings (SSSR count). The third kappa shape index (κ3) is 7.10. The molecule has 0 saturated heterocycles. The molecule has 0 atom stereocenters. The van der Waals surface area contributed by atoms with Crippen LogP contribution < -0.4 is 20.1 Å². The molecule has 0 aliphatic carbocycles. The molecule has 148 valence electrons. The second-order valence-electron chi connectivity index (χ2n) is 5.87. The monoisotopic (exact) mass is 440 g/mol. The lowest BCUT2D eigenvalue weighted by Crippen LogP contribution is -2.28. The first-order valence-corrected chi connectivity index (χ1v) is 9.78. The summed E-state index contributed by atoms with van der Waals surface area (Å²) in [5, 5.41) is 15.2. The molecular formula is C20H26BrFN2O3. The Morgan fingerprint density at radius 1 is 1.07 bits per heavy atom. The molecule has 7 heteroatoms. The molecule has 0 aromatic heterocycles. The zero-order valence-electron chi connectivity index (χ0n) is 15.4. The van der Waals surface area contributed by atoms with Gasteiger partial charge in [0, 0.05) is 31.7 Å². The van der Waals surface area contributed by atoms with Crippen LogP contribution in [0.1, 0.15) is 18.1 Å². The van der Waals surface area contributed by atoms with Gasteiger partial charge in [0.25, 0.3) is 0 Å². The van der Waals surface area contributed by atoms with Crippen molar-refractivity contribution in [2.75, 3.05) is 32.8 Å². The van der Waals surface area contributed by atoms with E-state index in [0.717, 1.165) is 23.1 Å². The maximum absolute atomic E-state index is 13.8. The maximum Gasteiger partial charge on any atom is 0.175 e. The Kier molecular flexibility index (Phi) is 9.55. The van der Waals surface area contributed by atoms with Crippen LogP contribution in [0.15, 0.2) is 40.9 Å². The third-order valence-electron chi connectivity index (χ3n) is 3.80. The fourth-order valence-electron chi connectivity index (χ4n) is 2.51. The Labute approximate surface area is 168 Å². The van der Waals surface area contributed by atoms with Gasteiger partial charge in [-0.2, -0.15) is 0 Å². The van der Waals surface area contributed by atoms with Gasteiger partial charge in [0.15, 0.2) is 11.5 Å². The van der Waals surface area contributed by atoms with E-state index in [1.165, 1.54) is 6.07 Å². The van der Waals surface area contributed by atoms with Crippen LogP contribution in [0.4, 0.5) is 4.39 Å². The molecule has 0 aliphatic heterocycles. The lowest BCUT2D eigenvalue weighted by atomic mass is 10.2. The molecule has 5 nitrogen and oxygen atoms in total. The van der Waals surface area contributed by atoms with E-state index in [9.17, 15) is 4.39 Å². The summed E-state index contributed by atoms with van der Waals surface area (Å²) in [5.41, 5.74) is 1.54. The standard InChI is InChI=1S/C20H26BrFN2O3/c1-2-26-19-12-15(13-24-8-7-23-9-10-25)11-17(21)20(19)27-14-16-5-3-4-6-18(16)22/h3-6,11-12,23-25H,2,7-10,13-14H2,1H3. The number of rotatable bonds is 12. The highest BCUT2D eigenvalue weighted by Crippen LogP contribution is 2.37. The molecule has 0 radical (unpaired) electrons. The Hall–Kier alpha value is -1.67. The molecule has 0 bridgehead atoms. The Bertz CT molecular complexity index is 716. The Balaban J connectivity index is 2.01.